The highest BCUT2D eigenvalue weighted by atomic mass is 19.1. The molecule has 2 aromatic heterocycles. The van der Waals surface area contributed by atoms with Crippen LogP contribution in [0.3, 0.4) is 0 Å². The average Bonchev–Trinajstić information content (AvgIpc) is 2.85. The maximum absolute atomic E-state index is 13.6. The molecule has 2 N–H and O–H groups in total. The Morgan fingerprint density at radius 3 is 2.71 bits per heavy atom. The summed E-state index contributed by atoms with van der Waals surface area (Å²) in [6.07, 6.45) is 3.42. The summed E-state index contributed by atoms with van der Waals surface area (Å²) >= 11 is 0. The third-order valence-electron chi connectivity index (χ3n) is 3.56. The summed E-state index contributed by atoms with van der Waals surface area (Å²) in [6.45, 7) is 4.08. The van der Waals surface area contributed by atoms with Crippen LogP contribution in [0.1, 0.15) is 25.7 Å². The topological polar surface area (TPSA) is 56.7 Å². The van der Waals surface area contributed by atoms with Gasteiger partial charge >= 0.3 is 0 Å². The van der Waals surface area contributed by atoms with E-state index in [4.69, 9.17) is 5.73 Å². The van der Waals surface area contributed by atoms with Crippen molar-refractivity contribution in [3.63, 3.8) is 0 Å². The van der Waals surface area contributed by atoms with E-state index in [0.717, 1.165) is 17.0 Å². The van der Waals surface area contributed by atoms with E-state index < -0.39 is 0 Å². The molecule has 0 bridgehead atoms. The van der Waals surface area contributed by atoms with Gasteiger partial charge in [-0.3, -0.25) is 9.55 Å². The predicted molar refractivity (Wildman–Crippen MR) is 80.6 cm³/mol. The molecule has 0 aliphatic rings. The number of hydrogen-bond donors (Lipinski definition) is 1. The molecule has 1 atom stereocenters. The molecule has 2 heterocycles. The summed E-state index contributed by atoms with van der Waals surface area (Å²) in [5.41, 5.74) is 8.54. The van der Waals surface area contributed by atoms with Crippen LogP contribution < -0.4 is 5.73 Å². The van der Waals surface area contributed by atoms with E-state index in [9.17, 15) is 4.39 Å². The fraction of sp³-hybridized carbons (Fsp3) is 0.250. The lowest BCUT2D eigenvalue weighted by molar-refractivity contribution is 0.487. The average molecular weight is 284 g/mol. The third-order valence-corrected chi connectivity index (χ3v) is 3.56. The van der Waals surface area contributed by atoms with E-state index in [-0.39, 0.29) is 17.8 Å². The standard InChI is InChI=1S/C16H17FN4/c1-10(2)15(18)16-20-13-6-5-11(17)8-14(13)21(16)12-4-3-7-19-9-12/h3-10,15H,18H2,1-2H3. The summed E-state index contributed by atoms with van der Waals surface area (Å²) in [5.74, 6) is 0.651. The summed E-state index contributed by atoms with van der Waals surface area (Å²) in [4.78, 5) is 8.73. The van der Waals surface area contributed by atoms with Gasteiger partial charge in [-0.05, 0) is 30.2 Å². The first-order valence-corrected chi connectivity index (χ1v) is 6.92. The van der Waals surface area contributed by atoms with Crippen molar-refractivity contribution >= 4 is 11.0 Å². The van der Waals surface area contributed by atoms with Gasteiger partial charge in [0.05, 0.1) is 29.0 Å². The molecular weight excluding hydrogens is 267 g/mol. The van der Waals surface area contributed by atoms with Crippen LogP contribution in [-0.4, -0.2) is 14.5 Å². The van der Waals surface area contributed by atoms with Crippen LogP contribution in [0.4, 0.5) is 4.39 Å². The van der Waals surface area contributed by atoms with Crippen molar-refractivity contribution < 1.29 is 4.39 Å². The molecule has 4 nitrogen and oxygen atoms in total. The first kappa shape index (κ1) is 13.7. The van der Waals surface area contributed by atoms with Gasteiger partial charge in [0.15, 0.2) is 0 Å². The highest BCUT2D eigenvalue weighted by molar-refractivity contribution is 5.78. The van der Waals surface area contributed by atoms with Crippen LogP contribution in [-0.2, 0) is 0 Å². The lowest BCUT2D eigenvalue weighted by Gasteiger charge is -2.17. The predicted octanol–water partition coefficient (Wildman–Crippen LogP) is 3.22. The zero-order valence-electron chi connectivity index (χ0n) is 12.0. The van der Waals surface area contributed by atoms with E-state index in [1.165, 1.54) is 12.1 Å². The summed E-state index contributed by atoms with van der Waals surface area (Å²) in [7, 11) is 0. The normalized spacial score (nSPS) is 13.0. The second-order valence-electron chi connectivity index (χ2n) is 5.42. The Morgan fingerprint density at radius 1 is 1.24 bits per heavy atom. The lowest BCUT2D eigenvalue weighted by Crippen LogP contribution is -2.21. The van der Waals surface area contributed by atoms with E-state index in [0.29, 0.717) is 5.52 Å². The summed E-state index contributed by atoms with van der Waals surface area (Å²) in [5, 5.41) is 0. The van der Waals surface area contributed by atoms with Crippen LogP contribution in [0, 0.1) is 11.7 Å². The van der Waals surface area contributed by atoms with Crippen LogP contribution in [0.5, 0.6) is 0 Å². The SMILES string of the molecule is CC(C)C(N)c1nc2ccc(F)cc2n1-c1cccnc1. The number of pyridine rings is 1. The van der Waals surface area contributed by atoms with Gasteiger partial charge in [0.2, 0.25) is 0 Å². The first-order chi connectivity index (χ1) is 10.1. The van der Waals surface area contributed by atoms with Crippen molar-refractivity contribution in [2.45, 2.75) is 19.9 Å². The second-order valence-corrected chi connectivity index (χ2v) is 5.42. The fourth-order valence-electron chi connectivity index (χ4n) is 2.35. The Labute approximate surface area is 122 Å². The third kappa shape index (κ3) is 2.40. The number of hydrogen-bond acceptors (Lipinski definition) is 3. The molecule has 3 aromatic rings. The molecule has 3 rings (SSSR count). The monoisotopic (exact) mass is 284 g/mol. The molecule has 0 amide bonds. The van der Waals surface area contributed by atoms with E-state index >= 15 is 0 Å². The minimum Gasteiger partial charge on any atom is -0.321 e. The van der Waals surface area contributed by atoms with Crippen molar-refractivity contribution in [3.05, 3.63) is 54.4 Å². The minimum absolute atomic E-state index is 0.224. The summed E-state index contributed by atoms with van der Waals surface area (Å²) < 4.78 is 15.5. The Morgan fingerprint density at radius 2 is 2.05 bits per heavy atom. The maximum Gasteiger partial charge on any atom is 0.131 e. The molecule has 0 spiro atoms. The van der Waals surface area contributed by atoms with Crippen molar-refractivity contribution in [1.29, 1.82) is 0 Å². The Hall–Kier alpha value is -2.27. The molecule has 0 saturated carbocycles. The smallest absolute Gasteiger partial charge is 0.131 e. The van der Waals surface area contributed by atoms with Crippen molar-refractivity contribution in [3.8, 4) is 5.69 Å². The molecule has 0 saturated heterocycles. The molecule has 108 valence electrons. The minimum atomic E-state index is -0.294. The first-order valence-electron chi connectivity index (χ1n) is 6.92. The number of fused-ring (bicyclic) bond motifs is 1. The highest BCUT2D eigenvalue weighted by Gasteiger charge is 2.21. The van der Waals surface area contributed by atoms with Gasteiger partial charge in [-0.2, -0.15) is 0 Å². The number of aromatic nitrogens is 3. The molecule has 21 heavy (non-hydrogen) atoms. The Kier molecular flexibility index (Phi) is 3.43. The lowest BCUT2D eigenvalue weighted by atomic mass is 10.0. The number of nitrogens with two attached hydrogens (primary N) is 1. The Balaban J connectivity index is 2.32. The number of nitrogens with zero attached hydrogens (tertiary/aromatic N) is 3. The van der Waals surface area contributed by atoms with E-state index in [1.54, 1.807) is 18.5 Å². The van der Waals surface area contributed by atoms with Gasteiger partial charge in [0.1, 0.15) is 11.6 Å². The van der Waals surface area contributed by atoms with Crippen molar-refractivity contribution in [1.82, 2.24) is 14.5 Å². The van der Waals surface area contributed by atoms with E-state index in [2.05, 4.69) is 9.97 Å². The van der Waals surface area contributed by atoms with Crippen LogP contribution >= 0.6 is 0 Å². The summed E-state index contributed by atoms with van der Waals surface area (Å²) in [6, 6.07) is 8.08. The Bertz CT molecular complexity index is 765. The molecule has 0 radical (unpaired) electrons. The number of halogens is 1. The van der Waals surface area contributed by atoms with E-state index in [1.807, 2.05) is 30.5 Å². The van der Waals surface area contributed by atoms with Gasteiger partial charge in [-0.15, -0.1) is 0 Å². The van der Waals surface area contributed by atoms with Gasteiger partial charge in [0.25, 0.3) is 0 Å². The zero-order chi connectivity index (χ0) is 15.0. The van der Waals surface area contributed by atoms with Gasteiger partial charge in [-0.25, -0.2) is 9.37 Å². The van der Waals surface area contributed by atoms with Gasteiger partial charge in [0, 0.05) is 12.3 Å². The van der Waals surface area contributed by atoms with Crippen LogP contribution in [0.25, 0.3) is 16.7 Å². The molecule has 1 aromatic carbocycles. The number of rotatable bonds is 3. The molecule has 0 aliphatic heterocycles. The molecule has 1 unspecified atom stereocenters. The molecule has 5 heteroatoms. The highest BCUT2D eigenvalue weighted by Crippen LogP contribution is 2.27. The van der Waals surface area contributed by atoms with Crippen LogP contribution in [0.2, 0.25) is 0 Å². The second kappa shape index (κ2) is 5.26. The van der Waals surface area contributed by atoms with Gasteiger partial charge < -0.3 is 5.73 Å². The quantitative estimate of drug-likeness (QED) is 0.803. The number of benzene rings is 1. The largest absolute Gasteiger partial charge is 0.321 e. The van der Waals surface area contributed by atoms with Gasteiger partial charge in [-0.1, -0.05) is 13.8 Å². The fourth-order valence-corrected chi connectivity index (χ4v) is 2.35. The molecule has 0 aliphatic carbocycles. The number of imidazole rings is 1. The molecular formula is C16H17FN4. The zero-order valence-corrected chi connectivity index (χ0v) is 12.0. The van der Waals surface area contributed by atoms with Crippen LogP contribution in [0.15, 0.2) is 42.7 Å². The maximum atomic E-state index is 13.6. The van der Waals surface area contributed by atoms with Crippen molar-refractivity contribution in [2.75, 3.05) is 0 Å². The van der Waals surface area contributed by atoms with Crippen molar-refractivity contribution in [2.24, 2.45) is 11.7 Å². The molecule has 0 fully saturated rings.